The average molecular weight is 727 g/mol. The van der Waals surface area contributed by atoms with E-state index in [0.717, 1.165) is 90.6 Å². The van der Waals surface area contributed by atoms with E-state index in [2.05, 4.69) is 65.8 Å². The van der Waals surface area contributed by atoms with Gasteiger partial charge in [-0.25, -0.2) is 0 Å². The van der Waals surface area contributed by atoms with Crippen molar-refractivity contribution in [3.05, 3.63) is 24.3 Å². The molecule has 0 saturated carbocycles. The van der Waals surface area contributed by atoms with Gasteiger partial charge in [-0.05, 0) is 63.5 Å². The monoisotopic (exact) mass is 727 g/mol. The summed E-state index contributed by atoms with van der Waals surface area (Å²) in [5.74, 6) is 0. The molecule has 7 heteroatoms. The minimum Gasteiger partial charge on any atom is -0.353 e. The average Bonchev–Trinajstić information content (AvgIpc) is 3.14. The second-order valence-corrected chi connectivity index (χ2v) is 13.9. The van der Waals surface area contributed by atoms with Crippen molar-refractivity contribution in [1.29, 1.82) is 0 Å². The number of hydrogen-bond donors (Lipinski definition) is 0. The molecule has 0 aromatic carbocycles. The quantitative estimate of drug-likeness (QED) is 0.0352. The molecular formula is C44H86O7. The number of rotatable bonds is 42. The molecule has 0 heterocycles. The molecule has 0 fully saturated rings. The molecule has 7 nitrogen and oxygen atoms in total. The highest BCUT2D eigenvalue weighted by Crippen LogP contribution is 2.15. The molecule has 0 saturated heterocycles. The summed E-state index contributed by atoms with van der Waals surface area (Å²) < 4.78 is 43.7. The summed E-state index contributed by atoms with van der Waals surface area (Å²) >= 11 is 0. The molecule has 0 radical (unpaired) electrons. The number of hydrogen-bond acceptors (Lipinski definition) is 7. The number of allylic oxidation sites excluding steroid dienone is 2. The first-order valence-electron chi connectivity index (χ1n) is 21.8. The number of ether oxygens (including phenoxy) is 7. The van der Waals surface area contributed by atoms with Gasteiger partial charge in [-0.2, -0.15) is 0 Å². The molecule has 0 N–H and O–H groups in total. The van der Waals surface area contributed by atoms with Crippen LogP contribution in [0.1, 0.15) is 196 Å². The van der Waals surface area contributed by atoms with E-state index in [1.165, 1.54) is 89.9 Å². The van der Waals surface area contributed by atoms with Crippen molar-refractivity contribution in [3.8, 4) is 0 Å². The van der Waals surface area contributed by atoms with Crippen LogP contribution in [0.3, 0.4) is 0 Å². The zero-order valence-corrected chi connectivity index (χ0v) is 34.7. The van der Waals surface area contributed by atoms with Crippen LogP contribution >= 0.6 is 0 Å². The van der Waals surface area contributed by atoms with Crippen LogP contribution in [0.15, 0.2) is 24.3 Å². The lowest BCUT2D eigenvalue weighted by Crippen LogP contribution is -2.25. The van der Waals surface area contributed by atoms with Gasteiger partial charge < -0.3 is 33.2 Å². The Balaban J connectivity index is 5.47. The summed E-state index contributed by atoms with van der Waals surface area (Å²) in [6, 6.07) is 0. The molecule has 2 atom stereocenters. The van der Waals surface area contributed by atoms with Crippen molar-refractivity contribution in [2.45, 2.75) is 221 Å². The Morgan fingerprint density at radius 3 is 0.922 bits per heavy atom. The predicted molar refractivity (Wildman–Crippen MR) is 215 cm³/mol. The Hall–Kier alpha value is -0.800. The lowest BCUT2D eigenvalue weighted by atomic mass is 10.2. The molecule has 0 aliphatic carbocycles. The summed E-state index contributed by atoms with van der Waals surface area (Å²) in [6.45, 7) is 17.7. The van der Waals surface area contributed by atoms with E-state index in [4.69, 9.17) is 33.2 Å². The van der Waals surface area contributed by atoms with Crippen molar-refractivity contribution < 1.29 is 33.2 Å². The minimum atomic E-state index is -0.483. The van der Waals surface area contributed by atoms with Crippen LogP contribution in [-0.2, 0) is 33.2 Å². The highest BCUT2D eigenvalue weighted by atomic mass is 16.8. The zero-order chi connectivity index (χ0) is 37.3. The second kappa shape index (κ2) is 41.9. The molecule has 0 aliphatic heterocycles. The SMILES string of the molecule is CCCCCCOC(C=CCCC(OCCCCC)OCCCCC)OC(C=CCCC(OCCCCC)OCCCCC)OCCCCCC. The van der Waals surface area contributed by atoms with E-state index in [1.807, 2.05) is 0 Å². The Morgan fingerprint density at radius 1 is 0.333 bits per heavy atom. The van der Waals surface area contributed by atoms with Gasteiger partial charge in [-0.3, -0.25) is 0 Å². The Kier molecular flexibility index (Phi) is 41.3. The molecule has 0 spiro atoms. The van der Waals surface area contributed by atoms with Crippen molar-refractivity contribution in [2.24, 2.45) is 0 Å². The highest BCUT2D eigenvalue weighted by Gasteiger charge is 2.15. The molecule has 2 unspecified atom stereocenters. The topological polar surface area (TPSA) is 64.6 Å². The summed E-state index contributed by atoms with van der Waals surface area (Å²) in [4.78, 5) is 0. The highest BCUT2D eigenvalue weighted by molar-refractivity contribution is 4.90. The standard InChI is InChI=1S/C44H86O7/c1-7-13-19-29-39-49-43(33-23-21-31-41(45-35-25-15-9-3)46-36-26-16-10-4)51-44(50-40-30-20-14-8-2)34-24-22-32-42(47-37-27-17-11-5)48-38-28-18-12-6/h23-24,33-34,41-44H,7-22,25-32,35-40H2,1-6H3. The first kappa shape index (κ1) is 50.2. The Labute approximate surface area is 317 Å². The van der Waals surface area contributed by atoms with Crippen molar-refractivity contribution in [1.82, 2.24) is 0 Å². The maximum atomic E-state index is 6.50. The maximum absolute atomic E-state index is 6.50. The third kappa shape index (κ3) is 36.0. The predicted octanol–water partition coefficient (Wildman–Crippen LogP) is 13.0. The van der Waals surface area contributed by atoms with E-state index in [9.17, 15) is 0 Å². The Bertz CT molecular complexity index is 634. The van der Waals surface area contributed by atoms with Gasteiger partial charge in [0.15, 0.2) is 25.2 Å². The summed E-state index contributed by atoms with van der Waals surface area (Å²) in [7, 11) is 0. The van der Waals surface area contributed by atoms with Gasteiger partial charge in [-0.1, -0.05) is 144 Å². The summed E-state index contributed by atoms with van der Waals surface area (Å²) in [5.41, 5.74) is 0. The maximum Gasteiger partial charge on any atom is 0.180 e. The van der Waals surface area contributed by atoms with Crippen LogP contribution in [0.5, 0.6) is 0 Å². The first-order chi connectivity index (χ1) is 25.1. The fourth-order valence-corrected chi connectivity index (χ4v) is 5.45. The second-order valence-electron chi connectivity index (χ2n) is 13.9. The molecule has 0 rings (SSSR count). The van der Waals surface area contributed by atoms with E-state index in [0.29, 0.717) is 13.2 Å². The fraction of sp³-hybridized carbons (Fsp3) is 0.909. The van der Waals surface area contributed by atoms with Gasteiger partial charge in [0.25, 0.3) is 0 Å². The van der Waals surface area contributed by atoms with Crippen LogP contribution in [0.25, 0.3) is 0 Å². The van der Waals surface area contributed by atoms with Gasteiger partial charge >= 0.3 is 0 Å². The van der Waals surface area contributed by atoms with Crippen LogP contribution in [0, 0.1) is 0 Å². The van der Waals surface area contributed by atoms with Crippen molar-refractivity contribution in [3.63, 3.8) is 0 Å². The van der Waals surface area contributed by atoms with E-state index < -0.39 is 12.6 Å². The summed E-state index contributed by atoms with van der Waals surface area (Å²) in [6.07, 6.45) is 33.5. The molecule has 304 valence electrons. The van der Waals surface area contributed by atoms with Crippen molar-refractivity contribution >= 4 is 0 Å². The molecule has 0 amide bonds. The fourth-order valence-electron chi connectivity index (χ4n) is 5.45. The van der Waals surface area contributed by atoms with Gasteiger partial charge in [0, 0.05) is 39.3 Å². The van der Waals surface area contributed by atoms with E-state index in [1.54, 1.807) is 0 Å². The van der Waals surface area contributed by atoms with Gasteiger partial charge in [0.1, 0.15) is 0 Å². The van der Waals surface area contributed by atoms with Crippen molar-refractivity contribution in [2.75, 3.05) is 39.6 Å². The van der Waals surface area contributed by atoms with Crippen LogP contribution in [-0.4, -0.2) is 64.8 Å². The van der Waals surface area contributed by atoms with E-state index in [-0.39, 0.29) is 12.6 Å². The van der Waals surface area contributed by atoms with Gasteiger partial charge in [0.05, 0.1) is 13.2 Å². The van der Waals surface area contributed by atoms with E-state index >= 15 is 0 Å². The largest absolute Gasteiger partial charge is 0.353 e. The third-order valence-electron chi connectivity index (χ3n) is 8.76. The third-order valence-corrected chi connectivity index (χ3v) is 8.76. The molecule has 51 heavy (non-hydrogen) atoms. The van der Waals surface area contributed by atoms with Crippen LogP contribution < -0.4 is 0 Å². The smallest absolute Gasteiger partial charge is 0.180 e. The molecule has 0 aliphatic rings. The molecule has 0 aromatic heterocycles. The lowest BCUT2D eigenvalue weighted by molar-refractivity contribution is -0.208. The van der Waals surface area contributed by atoms with Gasteiger partial charge in [-0.15, -0.1) is 0 Å². The van der Waals surface area contributed by atoms with Gasteiger partial charge in [0.2, 0.25) is 0 Å². The minimum absolute atomic E-state index is 0.171. The lowest BCUT2D eigenvalue weighted by Gasteiger charge is -2.22. The van der Waals surface area contributed by atoms with Crippen LogP contribution in [0.2, 0.25) is 0 Å². The number of unbranched alkanes of at least 4 members (excludes halogenated alkanes) is 14. The normalized spacial score (nSPS) is 13.5. The first-order valence-corrected chi connectivity index (χ1v) is 21.8. The molecule has 0 bridgehead atoms. The summed E-state index contributed by atoms with van der Waals surface area (Å²) in [5, 5.41) is 0. The van der Waals surface area contributed by atoms with Crippen LogP contribution in [0.4, 0.5) is 0 Å². The zero-order valence-electron chi connectivity index (χ0n) is 34.7. The molecular weight excluding hydrogens is 640 g/mol. The Morgan fingerprint density at radius 2 is 0.608 bits per heavy atom. The molecule has 0 aromatic rings.